The number of nitrogens with zero attached hydrogens (tertiary/aromatic N) is 2. The lowest BCUT2D eigenvalue weighted by atomic mass is 10.3. The average molecular weight is 307 g/mol. The second-order valence-corrected chi connectivity index (χ2v) is 5.92. The summed E-state index contributed by atoms with van der Waals surface area (Å²) in [5, 5.41) is 8.98. The Bertz CT molecular complexity index is 827. The number of ether oxygens (including phenoxy) is 1. The second kappa shape index (κ2) is 5.38. The average Bonchev–Trinajstić information content (AvgIpc) is 2.47. The number of halogens is 1. The molecule has 2 rings (SSSR count). The molecule has 0 saturated carbocycles. The predicted octanol–water partition coefficient (Wildman–Crippen LogP) is 1.52. The van der Waals surface area contributed by atoms with Crippen LogP contribution in [0, 0.1) is 17.1 Å². The van der Waals surface area contributed by atoms with Crippen molar-refractivity contribution in [1.29, 1.82) is 5.26 Å². The molecule has 2 aromatic rings. The van der Waals surface area contributed by atoms with E-state index in [-0.39, 0.29) is 27.1 Å². The molecule has 1 heterocycles. The van der Waals surface area contributed by atoms with E-state index in [4.69, 9.17) is 15.7 Å². The molecule has 2 N–H and O–H groups in total. The van der Waals surface area contributed by atoms with Crippen LogP contribution in [-0.4, -0.2) is 20.5 Å². The van der Waals surface area contributed by atoms with Crippen LogP contribution in [0.2, 0.25) is 0 Å². The van der Waals surface area contributed by atoms with Crippen molar-refractivity contribution in [3.8, 4) is 11.9 Å². The number of hydrogen-bond acceptors (Lipinski definition) is 6. The van der Waals surface area contributed by atoms with Gasteiger partial charge in [0, 0.05) is 0 Å². The molecule has 1 aromatic heterocycles. The summed E-state index contributed by atoms with van der Waals surface area (Å²) in [5.74, 6) is -0.921. The Hall–Kier alpha value is -2.66. The molecule has 0 amide bonds. The van der Waals surface area contributed by atoms with Crippen molar-refractivity contribution in [2.45, 2.75) is 9.79 Å². The van der Waals surface area contributed by atoms with Gasteiger partial charge in [-0.15, -0.1) is 0 Å². The van der Waals surface area contributed by atoms with E-state index in [2.05, 4.69) is 4.98 Å². The molecule has 1 aromatic carbocycles. The minimum atomic E-state index is -4.00. The number of nitrogen functional groups attached to an aromatic ring is 1. The van der Waals surface area contributed by atoms with Gasteiger partial charge in [0.25, 0.3) is 0 Å². The van der Waals surface area contributed by atoms with E-state index >= 15 is 0 Å². The highest BCUT2D eigenvalue weighted by molar-refractivity contribution is 7.91. The van der Waals surface area contributed by atoms with Crippen molar-refractivity contribution >= 4 is 15.7 Å². The van der Waals surface area contributed by atoms with Gasteiger partial charge in [-0.1, -0.05) is 0 Å². The SMILES string of the molecule is COc1nc(N)c(S(=O)(=O)c2ccc(F)cc2)cc1C#N. The molecule has 0 saturated heterocycles. The zero-order valence-corrected chi connectivity index (χ0v) is 11.7. The minimum absolute atomic E-state index is 0.0620. The Morgan fingerprint density at radius 1 is 1.33 bits per heavy atom. The molecule has 0 aliphatic rings. The first-order valence-corrected chi connectivity index (χ1v) is 7.13. The van der Waals surface area contributed by atoms with Crippen molar-refractivity contribution in [1.82, 2.24) is 4.98 Å². The van der Waals surface area contributed by atoms with Crippen molar-refractivity contribution in [2.24, 2.45) is 0 Å². The number of hydrogen-bond donors (Lipinski definition) is 1. The van der Waals surface area contributed by atoms with Crippen molar-refractivity contribution in [2.75, 3.05) is 12.8 Å². The van der Waals surface area contributed by atoms with E-state index in [9.17, 15) is 12.8 Å². The summed E-state index contributed by atoms with van der Waals surface area (Å²) in [7, 11) is -2.72. The summed E-state index contributed by atoms with van der Waals surface area (Å²) in [6, 6.07) is 7.12. The number of rotatable bonds is 3. The van der Waals surface area contributed by atoms with Gasteiger partial charge >= 0.3 is 0 Å². The molecular formula is C13H10FN3O3S. The van der Waals surface area contributed by atoms with Crippen molar-refractivity contribution < 1.29 is 17.5 Å². The quantitative estimate of drug-likeness (QED) is 0.862. The first-order chi connectivity index (χ1) is 9.90. The maximum Gasteiger partial charge on any atom is 0.233 e. The molecule has 0 spiro atoms. The van der Waals surface area contributed by atoms with Crippen LogP contribution in [0.15, 0.2) is 40.1 Å². The Kier molecular flexibility index (Phi) is 3.78. The fraction of sp³-hybridized carbons (Fsp3) is 0.0769. The monoisotopic (exact) mass is 307 g/mol. The van der Waals surface area contributed by atoms with Gasteiger partial charge in [0.15, 0.2) is 0 Å². The highest BCUT2D eigenvalue weighted by Gasteiger charge is 2.24. The Morgan fingerprint density at radius 2 is 1.95 bits per heavy atom. The van der Waals surface area contributed by atoms with Gasteiger partial charge in [-0.3, -0.25) is 0 Å². The molecule has 0 radical (unpaired) electrons. The molecule has 0 aliphatic heterocycles. The topological polar surface area (TPSA) is 106 Å². The van der Waals surface area contributed by atoms with E-state index in [1.807, 2.05) is 0 Å². The van der Waals surface area contributed by atoms with E-state index in [0.29, 0.717) is 0 Å². The standard InChI is InChI=1S/C13H10FN3O3S/c1-20-13-8(7-15)6-11(12(16)17-13)21(18,19)10-4-2-9(14)3-5-10/h2-6H,1H3,(H2,16,17). The summed E-state index contributed by atoms with van der Waals surface area (Å²) in [6.07, 6.45) is 0. The lowest BCUT2D eigenvalue weighted by Gasteiger charge is -2.09. The van der Waals surface area contributed by atoms with Crippen LogP contribution in [0.4, 0.5) is 10.2 Å². The number of benzene rings is 1. The Morgan fingerprint density at radius 3 is 2.48 bits per heavy atom. The van der Waals surface area contributed by atoms with Crippen molar-refractivity contribution in [3.05, 3.63) is 41.7 Å². The van der Waals surface area contributed by atoms with Gasteiger partial charge in [-0.2, -0.15) is 10.2 Å². The van der Waals surface area contributed by atoms with Gasteiger partial charge < -0.3 is 10.5 Å². The van der Waals surface area contributed by atoms with Crippen molar-refractivity contribution in [3.63, 3.8) is 0 Å². The van der Waals surface area contributed by atoms with Gasteiger partial charge in [-0.25, -0.2) is 12.8 Å². The molecule has 21 heavy (non-hydrogen) atoms. The van der Waals surface area contributed by atoms with E-state index in [1.54, 1.807) is 6.07 Å². The summed E-state index contributed by atoms with van der Waals surface area (Å²) in [5.41, 5.74) is 5.56. The Balaban J connectivity index is 2.65. The number of anilines is 1. The second-order valence-electron chi connectivity index (χ2n) is 4.00. The summed E-state index contributed by atoms with van der Waals surface area (Å²) >= 11 is 0. The van der Waals surface area contributed by atoms with Crippen LogP contribution in [-0.2, 0) is 9.84 Å². The highest BCUT2D eigenvalue weighted by Crippen LogP contribution is 2.29. The largest absolute Gasteiger partial charge is 0.480 e. The number of sulfone groups is 1. The fourth-order valence-corrected chi connectivity index (χ4v) is 3.03. The molecule has 0 unspecified atom stereocenters. The molecule has 6 nitrogen and oxygen atoms in total. The van der Waals surface area contributed by atoms with Gasteiger partial charge in [-0.05, 0) is 30.3 Å². The number of nitriles is 1. The molecule has 108 valence electrons. The van der Waals surface area contributed by atoms with Gasteiger partial charge in [0.05, 0.1) is 12.0 Å². The number of aromatic nitrogens is 1. The normalized spacial score (nSPS) is 10.9. The maximum atomic E-state index is 12.9. The highest BCUT2D eigenvalue weighted by atomic mass is 32.2. The third-order valence-electron chi connectivity index (χ3n) is 2.71. The molecule has 8 heteroatoms. The third kappa shape index (κ3) is 2.64. The van der Waals surface area contributed by atoms with E-state index in [0.717, 1.165) is 30.3 Å². The van der Waals surface area contributed by atoms with Crippen LogP contribution in [0.25, 0.3) is 0 Å². The summed E-state index contributed by atoms with van der Waals surface area (Å²) in [4.78, 5) is 3.28. The Labute approximate surface area is 120 Å². The number of pyridine rings is 1. The van der Waals surface area contributed by atoms with Crippen LogP contribution in [0.1, 0.15) is 5.56 Å². The minimum Gasteiger partial charge on any atom is -0.480 e. The third-order valence-corrected chi connectivity index (χ3v) is 4.51. The smallest absolute Gasteiger partial charge is 0.233 e. The van der Waals surface area contributed by atoms with Crippen LogP contribution >= 0.6 is 0 Å². The molecule has 0 aliphatic carbocycles. The lowest BCUT2D eigenvalue weighted by molar-refractivity contribution is 0.396. The van der Waals surface area contributed by atoms with Crippen LogP contribution in [0.3, 0.4) is 0 Å². The van der Waals surface area contributed by atoms with Crippen LogP contribution in [0.5, 0.6) is 5.88 Å². The zero-order valence-electron chi connectivity index (χ0n) is 10.9. The molecule has 0 fully saturated rings. The zero-order chi connectivity index (χ0) is 15.6. The first-order valence-electron chi connectivity index (χ1n) is 5.65. The molecule has 0 bridgehead atoms. The predicted molar refractivity (Wildman–Crippen MR) is 71.8 cm³/mol. The van der Waals surface area contributed by atoms with Gasteiger partial charge in [0.1, 0.15) is 28.2 Å². The molecule has 0 atom stereocenters. The summed E-state index contributed by atoms with van der Waals surface area (Å²) in [6.45, 7) is 0. The van der Waals surface area contributed by atoms with Gasteiger partial charge in [0.2, 0.25) is 15.7 Å². The lowest BCUT2D eigenvalue weighted by Crippen LogP contribution is -2.09. The summed E-state index contributed by atoms with van der Waals surface area (Å²) < 4.78 is 42.6. The first kappa shape index (κ1) is 14.7. The number of methoxy groups -OCH3 is 1. The fourth-order valence-electron chi connectivity index (χ4n) is 1.68. The molecular weight excluding hydrogens is 297 g/mol. The number of nitrogens with two attached hydrogens (primary N) is 1. The van der Waals surface area contributed by atoms with E-state index < -0.39 is 15.7 Å². The van der Waals surface area contributed by atoms with Crippen LogP contribution < -0.4 is 10.5 Å². The van der Waals surface area contributed by atoms with E-state index in [1.165, 1.54) is 7.11 Å². The maximum absolute atomic E-state index is 12.9.